The number of likely N-dealkylation sites (tertiary alicyclic amines) is 1. The Morgan fingerprint density at radius 2 is 1.81 bits per heavy atom. The van der Waals surface area contributed by atoms with E-state index < -0.39 is 17.7 Å². The van der Waals surface area contributed by atoms with E-state index in [1.165, 1.54) is 4.90 Å². The first-order chi connectivity index (χ1) is 13.0. The molecule has 5 nitrogen and oxygen atoms in total. The molecule has 3 rings (SSSR count). The number of aliphatic hydroxyl groups is 1. The number of ether oxygens (including phenoxy) is 1. The van der Waals surface area contributed by atoms with Gasteiger partial charge in [-0.25, -0.2) is 0 Å². The fourth-order valence-corrected chi connectivity index (χ4v) is 3.42. The van der Waals surface area contributed by atoms with E-state index >= 15 is 0 Å². The van der Waals surface area contributed by atoms with Crippen molar-refractivity contribution in [1.29, 1.82) is 0 Å². The SMILES string of the molecule is COCCN1C(=O)C(=O)C(=C(O)c2cc(C)ccc2C)C1c1ccccc1. The summed E-state index contributed by atoms with van der Waals surface area (Å²) in [7, 11) is 1.55. The van der Waals surface area contributed by atoms with Crippen molar-refractivity contribution in [3.63, 3.8) is 0 Å². The van der Waals surface area contributed by atoms with Crippen LogP contribution in [0.1, 0.15) is 28.3 Å². The van der Waals surface area contributed by atoms with Crippen molar-refractivity contribution in [2.24, 2.45) is 0 Å². The first-order valence-corrected chi connectivity index (χ1v) is 8.85. The van der Waals surface area contributed by atoms with Crippen molar-refractivity contribution in [3.05, 3.63) is 76.4 Å². The molecule has 1 heterocycles. The highest BCUT2D eigenvalue weighted by molar-refractivity contribution is 6.46. The molecule has 140 valence electrons. The van der Waals surface area contributed by atoms with Gasteiger partial charge < -0.3 is 14.7 Å². The van der Waals surface area contributed by atoms with Gasteiger partial charge in [0.15, 0.2) is 0 Å². The Morgan fingerprint density at radius 3 is 2.48 bits per heavy atom. The normalized spacial score (nSPS) is 18.9. The predicted octanol–water partition coefficient (Wildman–Crippen LogP) is 3.37. The predicted molar refractivity (Wildman–Crippen MR) is 103 cm³/mol. The van der Waals surface area contributed by atoms with Crippen molar-refractivity contribution in [2.45, 2.75) is 19.9 Å². The second-order valence-electron chi connectivity index (χ2n) is 6.71. The monoisotopic (exact) mass is 365 g/mol. The Bertz CT molecular complexity index is 902. The number of aryl methyl sites for hydroxylation is 2. The zero-order valence-corrected chi connectivity index (χ0v) is 15.7. The van der Waals surface area contributed by atoms with Crippen LogP contribution in [0, 0.1) is 13.8 Å². The van der Waals surface area contributed by atoms with E-state index in [4.69, 9.17) is 4.74 Å². The molecule has 0 aromatic heterocycles. The summed E-state index contributed by atoms with van der Waals surface area (Å²) < 4.78 is 5.10. The third kappa shape index (κ3) is 3.51. The summed E-state index contributed by atoms with van der Waals surface area (Å²) in [4.78, 5) is 27.0. The number of nitrogens with zero attached hydrogens (tertiary/aromatic N) is 1. The van der Waals surface area contributed by atoms with Crippen LogP contribution in [-0.4, -0.2) is 42.0 Å². The van der Waals surface area contributed by atoms with Crippen molar-refractivity contribution >= 4 is 17.4 Å². The highest BCUT2D eigenvalue weighted by atomic mass is 16.5. The lowest BCUT2D eigenvalue weighted by Gasteiger charge is -2.25. The molecule has 1 N–H and O–H groups in total. The van der Waals surface area contributed by atoms with E-state index in [1.807, 2.05) is 62.4 Å². The third-order valence-corrected chi connectivity index (χ3v) is 4.84. The van der Waals surface area contributed by atoms with E-state index in [-0.39, 0.29) is 17.9 Å². The van der Waals surface area contributed by atoms with Gasteiger partial charge in [0.2, 0.25) is 0 Å². The van der Waals surface area contributed by atoms with Crippen LogP contribution >= 0.6 is 0 Å². The van der Waals surface area contributed by atoms with Crippen LogP contribution in [-0.2, 0) is 14.3 Å². The summed E-state index contributed by atoms with van der Waals surface area (Å²) in [6, 6.07) is 14.3. The number of carbonyl (C=O) groups excluding carboxylic acids is 2. The van der Waals surface area contributed by atoms with Crippen LogP contribution in [0.2, 0.25) is 0 Å². The molecule has 2 aromatic rings. The molecule has 2 aromatic carbocycles. The largest absolute Gasteiger partial charge is 0.507 e. The average molecular weight is 365 g/mol. The number of hydrogen-bond acceptors (Lipinski definition) is 4. The molecule has 0 bridgehead atoms. The van der Waals surface area contributed by atoms with Crippen molar-refractivity contribution in [3.8, 4) is 0 Å². The van der Waals surface area contributed by atoms with Gasteiger partial charge in [-0.3, -0.25) is 9.59 Å². The number of ketones is 1. The Labute approximate surface area is 158 Å². The summed E-state index contributed by atoms with van der Waals surface area (Å²) in [5, 5.41) is 11.0. The quantitative estimate of drug-likeness (QED) is 0.501. The molecule has 0 spiro atoms. The van der Waals surface area contributed by atoms with Crippen molar-refractivity contribution < 1.29 is 19.4 Å². The van der Waals surface area contributed by atoms with Gasteiger partial charge in [0.1, 0.15) is 5.76 Å². The van der Waals surface area contributed by atoms with E-state index in [1.54, 1.807) is 7.11 Å². The molecule has 1 aliphatic rings. The second-order valence-corrected chi connectivity index (χ2v) is 6.71. The Hall–Kier alpha value is -2.92. The zero-order valence-electron chi connectivity index (χ0n) is 15.7. The smallest absolute Gasteiger partial charge is 0.295 e. The number of hydrogen-bond donors (Lipinski definition) is 1. The first-order valence-electron chi connectivity index (χ1n) is 8.85. The van der Waals surface area contributed by atoms with Crippen molar-refractivity contribution in [1.82, 2.24) is 4.90 Å². The maximum atomic E-state index is 12.8. The molecular formula is C22H23NO4. The standard InChI is InChI=1S/C22H23NO4/c1-14-9-10-15(2)17(13-14)20(24)18-19(16-7-5-4-6-8-16)23(11-12-27-3)22(26)21(18)25/h4-10,13,19,24H,11-12H2,1-3H3. The molecule has 1 amide bonds. The number of carbonyl (C=O) groups is 2. The average Bonchev–Trinajstić information content (AvgIpc) is 2.93. The van der Waals surface area contributed by atoms with E-state index in [2.05, 4.69) is 0 Å². The van der Waals surface area contributed by atoms with Gasteiger partial charge in [-0.2, -0.15) is 0 Å². The number of rotatable bonds is 5. The number of methoxy groups -OCH3 is 1. The number of benzene rings is 2. The molecule has 0 aliphatic carbocycles. The molecule has 27 heavy (non-hydrogen) atoms. The first kappa shape index (κ1) is 18.9. The number of Topliss-reactive ketones (excluding diaryl/α,β-unsaturated/α-hetero) is 1. The van der Waals surface area contributed by atoms with E-state index in [0.29, 0.717) is 12.2 Å². The minimum Gasteiger partial charge on any atom is -0.507 e. The van der Waals surface area contributed by atoms with Crippen LogP contribution in [0.3, 0.4) is 0 Å². The zero-order chi connectivity index (χ0) is 19.6. The summed E-state index contributed by atoms with van der Waals surface area (Å²) in [6.07, 6.45) is 0. The van der Waals surface area contributed by atoms with E-state index in [9.17, 15) is 14.7 Å². The highest BCUT2D eigenvalue weighted by Crippen LogP contribution is 2.39. The number of aliphatic hydroxyl groups excluding tert-OH is 1. The summed E-state index contributed by atoms with van der Waals surface area (Å²) in [5.41, 5.74) is 3.27. The van der Waals surface area contributed by atoms with Gasteiger partial charge in [0.05, 0.1) is 18.2 Å². The van der Waals surface area contributed by atoms with Crippen LogP contribution in [0.5, 0.6) is 0 Å². The molecule has 0 radical (unpaired) electrons. The van der Waals surface area contributed by atoms with Gasteiger partial charge >= 0.3 is 0 Å². The van der Waals surface area contributed by atoms with Gasteiger partial charge in [-0.05, 0) is 31.0 Å². The van der Waals surface area contributed by atoms with Crippen LogP contribution in [0.25, 0.3) is 5.76 Å². The molecule has 0 saturated carbocycles. The molecule has 1 fully saturated rings. The van der Waals surface area contributed by atoms with Gasteiger partial charge in [-0.1, -0.05) is 48.0 Å². The van der Waals surface area contributed by atoms with E-state index in [0.717, 1.165) is 16.7 Å². The molecule has 1 saturated heterocycles. The molecule has 5 heteroatoms. The Kier molecular flexibility index (Phi) is 5.42. The fourth-order valence-electron chi connectivity index (χ4n) is 3.42. The summed E-state index contributed by atoms with van der Waals surface area (Å²) in [6.45, 7) is 4.36. The lowest BCUT2D eigenvalue weighted by molar-refractivity contribution is -0.140. The topological polar surface area (TPSA) is 66.8 Å². The van der Waals surface area contributed by atoms with Gasteiger partial charge in [-0.15, -0.1) is 0 Å². The number of amides is 1. The second kappa shape index (κ2) is 7.76. The van der Waals surface area contributed by atoms with Crippen LogP contribution in [0.15, 0.2) is 54.1 Å². The Balaban J connectivity index is 2.20. The molecule has 1 atom stereocenters. The highest BCUT2D eigenvalue weighted by Gasteiger charge is 2.45. The maximum Gasteiger partial charge on any atom is 0.295 e. The minimum atomic E-state index is -0.668. The summed E-state index contributed by atoms with van der Waals surface area (Å²) in [5.74, 6) is -1.42. The lowest BCUT2D eigenvalue weighted by atomic mass is 9.93. The minimum absolute atomic E-state index is 0.121. The van der Waals surface area contributed by atoms with Crippen LogP contribution in [0.4, 0.5) is 0 Å². The molecular weight excluding hydrogens is 342 g/mol. The third-order valence-electron chi connectivity index (χ3n) is 4.84. The Morgan fingerprint density at radius 1 is 1.11 bits per heavy atom. The van der Waals surface area contributed by atoms with Gasteiger partial charge in [0.25, 0.3) is 11.7 Å². The summed E-state index contributed by atoms with van der Waals surface area (Å²) >= 11 is 0. The maximum absolute atomic E-state index is 12.8. The van der Waals surface area contributed by atoms with Gasteiger partial charge in [0, 0.05) is 19.2 Å². The molecule has 1 aliphatic heterocycles. The van der Waals surface area contributed by atoms with Crippen molar-refractivity contribution in [2.75, 3.05) is 20.3 Å². The lowest BCUT2D eigenvalue weighted by Crippen LogP contribution is -2.32. The van der Waals surface area contributed by atoms with Crippen LogP contribution < -0.4 is 0 Å². The molecule has 1 unspecified atom stereocenters. The fraction of sp³-hybridized carbons (Fsp3) is 0.273.